The summed E-state index contributed by atoms with van der Waals surface area (Å²) < 4.78 is 5.51. The number of rotatable bonds is 5. The van der Waals surface area contributed by atoms with Crippen molar-refractivity contribution in [2.24, 2.45) is 5.73 Å². The van der Waals surface area contributed by atoms with Crippen molar-refractivity contribution in [3.05, 3.63) is 16.1 Å². The Labute approximate surface area is 107 Å². The summed E-state index contributed by atoms with van der Waals surface area (Å²) >= 11 is 1.68. The molecular formula is C13H22N2OS. The van der Waals surface area contributed by atoms with Gasteiger partial charge in [0.1, 0.15) is 5.01 Å². The van der Waals surface area contributed by atoms with Crippen LogP contribution in [-0.2, 0) is 16.9 Å². The van der Waals surface area contributed by atoms with Crippen LogP contribution in [0, 0.1) is 0 Å². The summed E-state index contributed by atoms with van der Waals surface area (Å²) in [6, 6.07) is 0. The molecule has 96 valence electrons. The Balaban J connectivity index is 1.96. The lowest BCUT2D eigenvalue weighted by molar-refractivity contribution is 0.121. The summed E-state index contributed by atoms with van der Waals surface area (Å²) in [6.45, 7) is 3.56. The predicted molar refractivity (Wildman–Crippen MR) is 71.0 cm³/mol. The fraction of sp³-hybridized carbons (Fsp3) is 0.769. The number of nitrogens with zero attached hydrogens (tertiary/aromatic N) is 1. The molecule has 1 heterocycles. The maximum atomic E-state index is 6.45. The zero-order valence-electron chi connectivity index (χ0n) is 10.6. The van der Waals surface area contributed by atoms with Gasteiger partial charge in [0, 0.05) is 12.0 Å². The lowest BCUT2D eigenvalue weighted by Gasteiger charge is -2.31. The molecule has 4 heteroatoms. The van der Waals surface area contributed by atoms with Gasteiger partial charge in [-0.05, 0) is 19.3 Å². The van der Waals surface area contributed by atoms with Crippen LogP contribution in [-0.4, -0.2) is 11.6 Å². The third-order valence-corrected chi connectivity index (χ3v) is 4.20. The first-order valence-electron chi connectivity index (χ1n) is 6.56. The van der Waals surface area contributed by atoms with Crippen LogP contribution in [0.25, 0.3) is 0 Å². The number of nitrogens with two attached hydrogens (primary N) is 1. The second-order valence-corrected chi connectivity index (χ2v) is 5.84. The van der Waals surface area contributed by atoms with Crippen molar-refractivity contribution in [2.45, 2.75) is 57.6 Å². The maximum Gasteiger partial charge on any atom is 0.119 e. The molecule has 0 atom stereocenters. The van der Waals surface area contributed by atoms with E-state index < -0.39 is 0 Å². The van der Waals surface area contributed by atoms with Gasteiger partial charge in [0.05, 0.1) is 17.8 Å². The van der Waals surface area contributed by atoms with Crippen LogP contribution in [0.2, 0.25) is 0 Å². The van der Waals surface area contributed by atoms with Crippen LogP contribution in [0.1, 0.15) is 56.2 Å². The quantitative estimate of drug-likeness (QED) is 0.821. The van der Waals surface area contributed by atoms with Crippen molar-refractivity contribution in [1.29, 1.82) is 0 Å². The number of ether oxygens (including phenoxy) is 1. The highest BCUT2D eigenvalue weighted by Gasteiger charge is 2.31. The zero-order chi connectivity index (χ0) is 12.1. The normalized spacial score (nSPS) is 19.4. The van der Waals surface area contributed by atoms with E-state index in [0.29, 0.717) is 6.61 Å². The average Bonchev–Trinajstić information content (AvgIpc) is 2.80. The smallest absolute Gasteiger partial charge is 0.119 e. The van der Waals surface area contributed by atoms with Gasteiger partial charge in [-0.1, -0.05) is 26.2 Å². The Morgan fingerprint density at radius 3 is 2.88 bits per heavy atom. The van der Waals surface area contributed by atoms with Gasteiger partial charge in [-0.3, -0.25) is 0 Å². The minimum absolute atomic E-state index is 0.169. The number of hydrogen-bond donors (Lipinski definition) is 1. The van der Waals surface area contributed by atoms with Crippen molar-refractivity contribution in [1.82, 2.24) is 4.98 Å². The van der Waals surface area contributed by atoms with E-state index in [-0.39, 0.29) is 5.54 Å². The molecule has 1 aromatic rings. The zero-order valence-corrected chi connectivity index (χ0v) is 11.4. The second-order valence-electron chi connectivity index (χ2n) is 4.90. The number of hydrogen-bond acceptors (Lipinski definition) is 4. The molecule has 0 bridgehead atoms. The molecule has 1 fully saturated rings. The first-order valence-corrected chi connectivity index (χ1v) is 7.44. The lowest BCUT2D eigenvalue weighted by atomic mass is 9.81. The fourth-order valence-electron chi connectivity index (χ4n) is 2.35. The van der Waals surface area contributed by atoms with Crippen LogP contribution in [0.3, 0.4) is 0 Å². The van der Waals surface area contributed by atoms with Crippen molar-refractivity contribution in [2.75, 3.05) is 6.61 Å². The average molecular weight is 254 g/mol. The van der Waals surface area contributed by atoms with Crippen LogP contribution in [0.4, 0.5) is 0 Å². The molecular weight excluding hydrogens is 232 g/mol. The third-order valence-electron chi connectivity index (χ3n) is 3.38. The van der Waals surface area contributed by atoms with Gasteiger partial charge in [0.2, 0.25) is 0 Å². The molecule has 2 N–H and O–H groups in total. The van der Waals surface area contributed by atoms with Crippen LogP contribution >= 0.6 is 11.3 Å². The van der Waals surface area contributed by atoms with E-state index in [1.54, 1.807) is 11.3 Å². The Bertz CT molecular complexity index is 345. The molecule has 3 nitrogen and oxygen atoms in total. The highest BCUT2D eigenvalue weighted by atomic mass is 32.1. The summed E-state index contributed by atoms with van der Waals surface area (Å²) in [7, 11) is 0. The number of aromatic nitrogens is 1. The second kappa shape index (κ2) is 5.94. The van der Waals surface area contributed by atoms with Gasteiger partial charge in [0.25, 0.3) is 0 Å². The van der Waals surface area contributed by atoms with E-state index in [2.05, 4.69) is 17.3 Å². The van der Waals surface area contributed by atoms with Gasteiger partial charge < -0.3 is 10.5 Å². The lowest BCUT2D eigenvalue weighted by Crippen LogP contribution is -2.38. The van der Waals surface area contributed by atoms with E-state index in [9.17, 15) is 0 Å². The van der Waals surface area contributed by atoms with E-state index >= 15 is 0 Å². The predicted octanol–water partition coefficient (Wildman–Crippen LogP) is 3.19. The minimum Gasteiger partial charge on any atom is -0.374 e. The summed E-state index contributed by atoms with van der Waals surface area (Å²) in [5, 5.41) is 3.18. The van der Waals surface area contributed by atoms with Crippen molar-refractivity contribution < 1.29 is 4.74 Å². The first-order chi connectivity index (χ1) is 8.24. The molecule has 1 aromatic heterocycles. The SMILES string of the molecule is CCCOCc1nc(C2(N)CCCCC2)cs1. The molecule has 0 saturated heterocycles. The Morgan fingerprint density at radius 2 is 2.18 bits per heavy atom. The Hall–Kier alpha value is -0.450. The number of thiazole rings is 1. The van der Waals surface area contributed by atoms with Crippen molar-refractivity contribution in [3.63, 3.8) is 0 Å². The molecule has 0 spiro atoms. The highest BCUT2D eigenvalue weighted by molar-refractivity contribution is 7.09. The summed E-state index contributed by atoms with van der Waals surface area (Å²) in [5.74, 6) is 0. The maximum absolute atomic E-state index is 6.45. The summed E-state index contributed by atoms with van der Waals surface area (Å²) in [5.41, 5.74) is 7.36. The first kappa shape index (κ1) is 13.0. The largest absolute Gasteiger partial charge is 0.374 e. The fourth-order valence-corrected chi connectivity index (χ4v) is 3.19. The van der Waals surface area contributed by atoms with Gasteiger partial charge in [-0.25, -0.2) is 4.98 Å². The van der Waals surface area contributed by atoms with Gasteiger partial charge in [-0.15, -0.1) is 11.3 Å². The molecule has 1 aliphatic carbocycles. The van der Waals surface area contributed by atoms with Crippen molar-refractivity contribution >= 4 is 11.3 Å². The molecule has 1 aliphatic rings. The highest BCUT2D eigenvalue weighted by Crippen LogP contribution is 2.35. The minimum atomic E-state index is -0.169. The molecule has 1 saturated carbocycles. The summed E-state index contributed by atoms with van der Waals surface area (Å²) in [4.78, 5) is 4.65. The Kier molecular flexibility index (Phi) is 4.54. The Morgan fingerprint density at radius 1 is 1.41 bits per heavy atom. The molecule has 2 rings (SSSR count). The van der Waals surface area contributed by atoms with Crippen molar-refractivity contribution in [3.8, 4) is 0 Å². The van der Waals surface area contributed by atoms with E-state index in [0.717, 1.165) is 36.6 Å². The van der Waals surface area contributed by atoms with E-state index in [1.807, 2.05) is 0 Å². The van der Waals surface area contributed by atoms with Crippen LogP contribution < -0.4 is 5.73 Å². The topological polar surface area (TPSA) is 48.1 Å². The van der Waals surface area contributed by atoms with E-state index in [1.165, 1.54) is 19.3 Å². The standard InChI is InChI=1S/C13H22N2OS/c1-2-8-16-9-12-15-11(10-17-12)13(14)6-4-3-5-7-13/h10H,2-9,14H2,1H3. The third kappa shape index (κ3) is 3.27. The molecule has 0 unspecified atom stereocenters. The molecule has 0 aromatic carbocycles. The molecule has 0 radical (unpaired) electrons. The van der Waals surface area contributed by atoms with Gasteiger partial charge >= 0.3 is 0 Å². The monoisotopic (exact) mass is 254 g/mol. The van der Waals surface area contributed by atoms with Crippen LogP contribution in [0.15, 0.2) is 5.38 Å². The van der Waals surface area contributed by atoms with E-state index in [4.69, 9.17) is 10.5 Å². The van der Waals surface area contributed by atoms with Gasteiger partial charge in [-0.2, -0.15) is 0 Å². The van der Waals surface area contributed by atoms with Gasteiger partial charge in [0.15, 0.2) is 0 Å². The molecule has 0 aliphatic heterocycles. The molecule has 0 amide bonds. The molecule has 17 heavy (non-hydrogen) atoms. The summed E-state index contributed by atoms with van der Waals surface area (Å²) in [6.07, 6.45) is 6.98. The van der Waals surface area contributed by atoms with Crippen LogP contribution in [0.5, 0.6) is 0 Å².